The molecule has 0 aromatic carbocycles. The first-order chi connectivity index (χ1) is 2.91. The topological polar surface area (TPSA) is 0 Å². The first-order valence-corrected chi connectivity index (χ1v) is 7.32. The van der Waals surface area contributed by atoms with Crippen LogP contribution in [0.5, 0.6) is 0 Å². The molecule has 0 saturated heterocycles. The second-order valence-electron chi connectivity index (χ2n) is 1.30. The van der Waals surface area contributed by atoms with Gasteiger partial charge < -0.3 is 1.43 Å². The first kappa shape index (κ1) is 7.26. The van der Waals surface area contributed by atoms with E-state index in [0.29, 0.717) is 0 Å². The first-order valence-electron chi connectivity index (χ1n) is 2.33. The Morgan fingerprint density at radius 2 is 2.50 bits per heavy atom. The van der Waals surface area contributed by atoms with Crippen LogP contribution >= 0.6 is 20.3 Å². The van der Waals surface area contributed by atoms with Gasteiger partial charge in [-0.25, -0.2) is 0 Å². The van der Waals surface area contributed by atoms with Gasteiger partial charge in [0.25, 0.3) is 0 Å². The molecule has 0 rings (SSSR count). The van der Waals surface area contributed by atoms with Gasteiger partial charge in [0.1, 0.15) is 0 Å². The summed E-state index contributed by atoms with van der Waals surface area (Å²) in [5.74, 6) is 0. The molecule has 6 heavy (non-hydrogen) atoms. The summed E-state index contributed by atoms with van der Waals surface area (Å²) in [6.07, 6.45) is 2.81. The Bertz CT molecular complexity index is 23.7. The van der Waals surface area contributed by atoms with E-state index in [2.05, 4.69) is 27.2 Å². The van der Waals surface area contributed by atoms with E-state index in [-0.39, 0.29) is 1.43 Å². The molecule has 0 heterocycles. The van der Waals surface area contributed by atoms with E-state index in [9.17, 15) is 0 Å². The van der Waals surface area contributed by atoms with Gasteiger partial charge in [0, 0.05) is 0 Å². The molecule has 0 aromatic heterocycles. The predicted octanol–water partition coefficient (Wildman–Crippen LogP) is 2.37. The van der Waals surface area contributed by atoms with Crippen LogP contribution in [-0.2, 0) is 0 Å². The summed E-state index contributed by atoms with van der Waals surface area (Å²) < 4.78 is 0. The molecule has 0 aliphatic heterocycles. The van der Waals surface area contributed by atoms with Crippen LogP contribution in [0.3, 0.4) is 0 Å². The van der Waals surface area contributed by atoms with Crippen LogP contribution in [0.15, 0.2) is 0 Å². The van der Waals surface area contributed by atoms with Gasteiger partial charge in [0.05, 0.1) is 0 Å². The molecule has 0 unspecified atom stereocenters. The van der Waals surface area contributed by atoms with E-state index < -0.39 is 0 Å². The van der Waals surface area contributed by atoms with Crippen LogP contribution in [0, 0.1) is 0 Å². The van der Waals surface area contributed by atoms with E-state index >= 15 is 0 Å². The maximum atomic E-state index is 2.49. The van der Waals surface area contributed by atoms with Crippen LogP contribution in [0.25, 0.3) is 0 Å². The number of hydrogen-bond acceptors (Lipinski definition) is 0. The summed E-state index contributed by atoms with van der Waals surface area (Å²) in [7, 11) is 0. The Morgan fingerprint density at radius 1 is 1.83 bits per heavy atom. The summed E-state index contributed by atoms with van der Waals surface area (Å²) in [4.78, 5) is 0. The fourth-order valence-electron chi connectivity index (χ4n) is 0.281. The summed E-state index contributed by atoms with van der Waals surface area (Å²) in [6.45, 7) is 2.24. The van der Waals surface area contributed by atoms with Crippen molar-refractivity contribution in [3.63, 3.8) is 0 Å². The smallest absolute Gasteiger partial charge is 1.00 e. The van der Waals surface area contributed by atoms with Crippen molar-refractivity contribution in [2.24, 2.45) is 0 Å². The third-order valence-corrected chi connectivity index (χ3v) is 3.16. The molecule has 2 heteroatoms. The monoisotopic (exact) mass is 212 g/mol. The molecule has 0 aromatic rings. The zero-order valence-electron chi connectivity index (χ0n) is 5.08. The summed E-state index contributed by atoms with van der Waals surface area (Å²) in [5.41, 5.74) is 0. The molecule has 0 atom stereocenters. The SMILES string of the molecule is CCC[CH2][Al+][I].[H-]. The van der Waals surface area contributed by atoms with Gasteiger partial charge in [-0.05, 0) is 0 Å². The molecule has 0 bridgehead atoms. The standard InChI is InChI=1S/C4H9.Al.HI.H/c1-3-4-2;;;/h1,3-4H2,2H3;;1H;/q;+2;;-1/p-1. The van der Waals surface area contributed by atoms with E-state index in [0.717, 1.165) is 11.9 Å². The van der Waals surface area contributed by atoms with Gasteiger partial charge in [-0.15, -0.1) is 0 Å². The average Bonchev–Trinajstić information content (AvgIpc) is 1.61. The molecule has 0 aliphatic rings. The summed E-state index contributed by atoms with van der Waals surface area (Å²) in [5, 5.41) is 1.48. The largest absolute Gasteiger partial charge is 1.00 e. The fourth-order valence-corrected chi connectivity index (χ4v) is 2.17. The molecule has 0 aliphatic carbocycles. The fraction of sp³-hybridized carbons (Fsp3) is 1.00. The molecule has 0 saturated carbocycles. The van der Waals surface area contributed by atoms with Crippen molar-refractivity contribution in [2.75, 3.05) is 0 Å². The average molecular weight is 212 g/mol. The van der Waals surface area contributed by atoms with Gasteiger partial charge in [0.15, 0.2) is 0 Å². The molecule has 0 fully saturated rings. The molecule has 0 radical (unpaired) electrons. The van der Waals surface area contributed by atoms with Crippen LogP contribution in [0.2, 0.25) is 5.28 Å². The van der Waals surface area contributed by atoms with Crippen molar-refractivity contribution in [3.05, 3.63) is 0 Å². The minimum atomic E-state index is 0. The number of rotatable bonds is 3. The van der Waals surface area contributed by atoms with Crippen molar-refractivity contribution in [1.29, 1.82) is 0 Å². The second-order valence-corrected chi connectivity index (χ2v) is 4.82. The molecule has 0 amide bonds. The van der Waals surface area contributed by atoms with Gasteiger partial charge in [0.2, 0.25) is 0 Å². The van der Waals surface area contributed by atoms with Crippen molar-refractivity contribution in [1.82, 2.24) is 0 Å². The predicted molar refractivity (Wildman–Crippen MR) is 40.6 cm³/mol. The Kier molecular flexibility index (Phi) is 7.58. The molecule has 0 spiro atoms. The normalized spacial score (nSPS) is 7.67. The van der Waals surface area contributed by atoms with Crippen LogP contribution in [0.4, 0.5) is 0 Å². The van der Waals surface area contributed by atoms with Crippen LogP contribution < -0.4 is 0 Å². The van der Waals surface area contributed by atoms with Gasteiger partial charge in [-0.2, -0.15) is 0 Å². The van der Waals surface area contributed by atoms with Crippen LogP contribution in [0.1, 0.15) is 21.2 Å². The Balaban J connectivity index is 0. The quantitative estimate of drug-likeness (QED) is 0.382. The number of hydrogen-bond donors (Lipinski definition) is 0. The zero-order valence-corrected chi connectivity index (χ0v) is 7.39. The molecule has 36 valence electrons. The van der Waals surface area contributed by atoms with E-state index in [4.69, 9.17) is 0 Å². The third-order valence-electron chi connectivity index (χ3n) is 0.667. The minimum absolute atomic E-state index is 0. The summed E-state index contributed by atoms with van der Waals surface area (Å²) in [6, 6.07) is 0. The summed E-state index contributed by atoms with van der Waals surface area (Å²) >= 11 is 3.25. The Hall–Kier alpha value is 1.26. The van der Waals surface area contributed by atoms with Crippen molar-refractivity contribution in [2.45, 2.75) is 25.0 Å². The Labute approximate surface area is 58.6 Å². The molecular weight excluding hydrogens is 202 g/mol. The van der Waals surface area contributed by atoms with Gasteiger partial charge >= 0.3 is 57.3 Å². The molecule has 0 N–H and O–H groups in total. The van der Waals surface area contributed by atoms with E-state index in [1.165, 1.54) is 18.1 Å². The van der Waals surface area contributed by atoms with Crippen molar-refractivity contribution < 1.29 is 1.43 Å². The van der Waals surface area contributed by atoms with E-state index in [1.807, 2.05) is 0 Å². The molecular formula is C4H10AlI. The maximum Gasteiger partial charge on any atom is -1.00 e. The zero-order chi connectivity index (χ0) is 4.83. The van der Waals surface area contributed by atoms with Gasteiger partial charge in [-0.3, -0.25) is 0 Å². The van der Waals surface area contributed by atoms with Gasteiger partial charge in [-0.1, -0.05) is 0 Å². The van der Waals surface area contributed by atoms with Crippen molar-refractivity contribution in [3.8, 4) is 0 Å². The van der Waals surface area contributed by atoms with Crippen molar-refractivity contribution >= 4 is 32.2 Å². The van der Waals surface area contributed by atoms with Crippen LogP contribution in [-0.4, -0.2) is 11.9 Å². The third kappa shape index (κ3) is 5.26. The minimum Gasteiger partial charge on any atom is -1.00 e. The number of unbranched alkanes of at least 4 members (excludes halogenated alkanes) is 1. The van der Waals surface area contributed by atoms with E-state index in [1.54, 1.807) is 0 Å². The Morgan fingerprint density at radius 3 is 2.67 bits per heavy atom. The second kappa shape index (κ2) is 6.26. The number of halogens is 1. The molecule has 0 nitrogen and oxygen atoms in total. The maximum absolute atomic E-state index is 2.49.